The van der Waals surface area contributed by atoms with Gasteiger partial charge in [0.25, 0.3) is 0 Å². The summed E-state index contributed by atoms with van der Waals surface area (Å²) in [5, 5.41) is 0. The Labute approximate surface area is 116 Å². The molecule has 1 fully saturated rings. The lowest BCUT2D eigenvalue weighted by Gasteiger charge is -2.29. The first-order valence-corrected chi connectivity index (χ1v) is 7.91. The highest BCUT2D eigenvalue weighted by atomic mass is 79.9. The SMILES string of the molecule is NNC(CSc1ccccc1Br)CC1CCC1. The molecule has 3 N–H and O–H groups in total. The average Bonchev–Trinajstić information content (AvgIpc) is 2.29. The largest absolute Gasteiger partial charge is 0.271 e. The molecule has 0 aliphatic heterocycles. The van der Waals surface area contributed by atoms with Crippen LogP contribution in [0.25, 0.3) is 0 Å². The second-order valence-corrected chi connectivity index (χ2v) is 6.55. The highest BCUT2D eigenvalue weighted by molar-refractivity contribution is 9.10. The van der Waals surface area contributed by atoms with Gasteiger partial charge >= 0.3 is 0 Å². The van der Waals surface area contributed by atoms with E-state index in [2.05, 4.69) is 39.6 Å². The molecule has 2 nitrogen and oxygen atoms in total. The van der Waals surface area contributed by atoms with E-state index in [1.165, 1.54) is 35.1 Å². The van der Waals surface area contributed by atoms with Gasteiger partial charge in [-0.25, -0.2) is 0 Å². The summed E-state index contributed by atoms with van der Waals surface area (Å²) in [6, 6.07) is 8.77. The number of nitrogens with two attached hydrogens (primary N) is 1. The fourth-order valence-electron chi connectivity index (χ4n) is 2.07. The first-order valence-electron chi connectivity index (χ1n) is 6.13. The molecule has 0 aromatic heterocycles. The zero-order valence-corrected chi connectivity index (χ0v) is 12.3. The molecule has 0 saturated heterocycles. The van der Waals surface area contributed by atoms with Crippen molar-refractivity contribution < 1.29 is 0 Å². The standard InChI is InChI=1S/C13H19BrN2S/c14-12-6-1-2-7-13(12)17-9-11(16-15)8-10-4-3-5-10/h1-2,6-7,10-11,16H,3-5,8-9,15H2. The predicted molar refractivity (Wildman–Crippen MR) is 77.9 cm³/mol. The summed E-state index contributed by atoms with van der Waals surface area (Å²) in [6.45, 7) is 0. The number of nitrogens with one attached hydrogen (secondary N) is 1. The van der Waals surface area contributed by atoms with E-state index in [9.17, 15) is 0 Å². The summed E-state index contributed by atoms with van der Waals surface area (Å²) in [6.07, 6.45) is 5.39. The van der Waals surface area contributed by atoms with Gasteiger partial charge in [-0.15, -0.1) is 11.8 Å². The molecule has 1 atom stereocenters. The number of hydrogen-bond donors (Lipinski definition) is 2. The van der Waals surface area contributed by atoms with E-state index >= 15 is 0 Å². The van der Waals surface area contributed by atoms with Gasteiger partial charge in [-0.05, 0) is 40.4 Å². The molecule has 17 heavy (non-hydrogen) atoms. The van der Waals surface area contributed by atoms with Crippen molar-refractivity contribution in [2.24, 2.45) is 11.8 Å². The van der Waals surface area contributed by atoms with Crippen LogP contribution in [0.2, 0.25) is 0 Å². The van der Waals surface area contributed by atoms with Crippen LogP contribution in [0, 0.1) is 5.92 Å². The Balaban J connectivity index is 1.80. The zero-order chi connectivity index (χ0) is 12.1. The lowest BCUT2D eigenvalue weighted by atomic mass is 9.81. The Morgan fingerprint density at radius 1 is 1.41 bits per heavy atom. The smallest absolute Gasteiger partial charge is 0.0311 e. The molecule has 94 valence electrons. The molecule has 1 aromatic carbocycles. The minimum atomic E-state index is 0.428. The van der Waals surface area contributed by atoms with Gasteiger partial charge in [0.1, 0.15) is 0 Å². The molecule has 1 aromatic rings. The Morgan fingerprint density at radius 3 is 2.76 bits per heavy atom. The van der Waals surface area contributed by atoms with E-state index in [4.69, 9.17) is 5.84 Å². The van der Waals surface area contributed by atoms with Gasteiger partial charge in [0.2, 0.25) is 0 Å². The molecule has 1 saturated carbocycles. The van der Waals surface area contributed by atoms with E-state index in [0.29, 0.717) is 6.04 Å². The Bertz CT molecular complexity index is 355. The van der Waals surface area contributed by atoms with Crippen molar-refractivity contribution >= 4 is 27.7 Å². The summed E-state index contributed by atoms with van der Waals surface area (Å²) in [5.74, 6) is 7.56. The second-order valence-electron chi connectivity index (χ2n) is 4.64. The van der Waals surface area contributed by atoms with E-state index in [1.807, 2.05) is 17.8 Å². The normalized spacial score (nSPS) is 17.8. The van der Waals surface area contributed by atoms with Crippen molar-refractivity contribution in [3.63, 3.8) is 0 Å². The summed E-state index contributed by atoms with van der Waals surface area (Å²) < 4.78 is 1.17. The van der Waals surface area contributed by atoms with Crippen LogP contribution in [0.3, 0.4) is 0 Å². The lowest BCUT2D eigenvalue weighted by molar-refractivity contribution is 0.268. The fourth-order valence-corrected chi connectivity index (χ4v) is 3.69. The number of hydrogen-bond acceptors (Lipinski definition) is 3. The van der Waals surface area contributed by atoms with Gasteiger partial charge in [-0.1, -0.05) is 31.4 Å². The third kappa shape index (κ3) is 3.98. The van der Waals surface area contributed by atoms with Crippen LogP contribution in [0.15, 0.2) is 33.6 Å². The third-order valence-corrected chi connectivity index (χ3v) is 5.54. The summed E-state index contributed by atoms with van der Waals surface area (Å²) in [5.41, 5.74) is 2.95. The molecule has 0 amide bonds. The van der Waals surface area contributed by atoms with Crippen molar-refractivity contribution in [2.75, 3.05) is 5.75 Å². The zero-order valence-electron chi connectivity index (χ0n) is 9.86. The number of rotatable bonds is 6. The van der Waals surface area contributed by atoms with Gasteiger partial charge in [-0.3, -0.25) is 11.3 Å². The minimum absolute atomic E-state index is 0.428. The number of halogens is 1. The Morgan fingerprint density at radius 2 is 2.18 bits per heavy atom. The molecule has 2 rings (SSSR count). The van der Waals surface area contributed by atoms with Crippen molar-refractivity contribution in [3.05, 3.63) is 28.7 Å². The van der Waals surface area contributed by atoms with Crippen molar-refractivity contribution in [2.45, 2.75) is 36.6 Å². The Kier molecular flexibility index (Phi) is 5.35. The molecule has 0 bridgehead atoms. The van der Waals surface area contributed by atoms with Gasteiger partial charge in [0, 0.05) is 21.2 Å². The highest BCUT2D eigenvalue weighted by Crippen LogP contribution is 2.32. The third-order valence-electron chi connectivity index (χ3n) is 3.35. The van der Waals surface area contributed by atoms with E-state index in [0.717, 1.165) is 11.7 Å². The molecular formula is C13H19BrN2S. The quantitative estimate of drug-likeness (QED) is 0.479. The Hall–Kier alpha value is -0.0300. The van der Waals surface area contributed by atoms with Gasteiger partial charge in [0.05, 0.1) is 0 Å². The van der Waals surface area contributed by atoms with E-state index in [1.54, 1.807) is 0 Å². The molecule has 1 aliphatic rings. The van der Waals surface area contributed by atoms with Crippen LogP contribution < -0.4 is 11.3 Å². The van der Waals surface area contributed by atoms with Crippen LogP contribution in [0.1, 0.15) is 25.7 Å². The van der Waals surface area contributed by atoms with Crippen molar-refractivity contribution in [3.8, 4) is 0 Å². The molecule has 0 spiro atoms. The number of benzene rings is 1. The maximum Gasteiger partial charge on any atom is 0.0311 e. The van der Waals surface area contributed by atoms with Crippen LogP contribution in [-0.4, -0.2) is 11.8 Å². The maximum absolute atomic E-state index is 5.63. The summed E-state index contributed by atoms with van der Waals surface area (Å²) in [4.78, 5) is 1.29. The van der Waals surface area contributed by atoms with Gasteiger partial charge in [0.15, 0.2) is 0 Å². The van der Waals surface area contributed by atoms with E-state index in [-0.39, 0.29) is 0 Å². The fraction of sp³-hybridized carbons (Fsp3) is 0.538. The van der Waals surface area contributed by atoms with Crippen molar-refractivity contribution in [1.29, 1.82) is 0 Å². The number of hydrazine groups is 1. The van der Waals surface area contributed by atoms with Crippen LogP contribution in [0.5, 0.6) is 0 Å². The first kappa shape index (κ1) is 13.4. The van der Waals surface area contributed by atoms with E-state index < -0.39 is 0 Å². The molecule has 0 heterocycles. The van der Waals surface area contributed by atoms with Gasteiger partial charge < -0.3 is 0 Å². The lowest BCUT2D eigenvalue weighted by Crippen LogP contribution is -2.39. The molecule has 4 heteroatoms. The maximum atomic E-state index is 5.63. The summed E-state index contributed by atoms with van der Waals surface area (Å²) in [7, 11) is 0. The monoisotopic (exact) mass is 314 g/mol. The van der Waals surface area contributed by atoms with Crippen molar-refractivity contribution in [1.82, 2.24) is 5.43 Å². The second kappa shape index (κ2) is 6.78. The predicted octanol–water partition coefficient (Wildman–Crippen LogP) is 3.56. The summed E-state index contributed by atoms with van der Waals surface area (Å²) >= 11 is 5.44. The molecular weight excluding hydrogens is 296 g/mol. The first-order chi connectivity index (χ1) is 8.29. The molecule has 1 aliphatic carbocycles. The average molecular weight is 315 g/mol. The van der Waals surface area contributed by atoms with Gasteiger partial charge in [-0.2, -0.15) is 0 Å². The topological polar surface area (TPSA) is 38.0 Å². The van der Waals surface area contributed by atoms with Crippen LogP contribution in [-0.2, 0) is 0 Å². The van der Waals surface area contributed by atoms with Crippen LogP contribution >= 0.6 is 27.7 Å². The highest BCUT2D eigenvalue weighted by Gasteiger charge is 2.21. The molecule has 1 unspecified atom stereocenters. The van der Waals surface area contributed by atoms with Crippen LogP contribution in [0.4, 0.5) is 0 Å². The number of thioether (sulfide) groups is 1. The molecule has 0 radical (unpaired) electrons. The minimum Gasteiger partial charge on any atom is -0.271 e.